The highest BCUT2D eigenvalue weighted by molar-refractivity contribution is 5.80. The van der Waals surface area contributed by atoms with Crippen LogP contribution in [-0.4, -0.2) is 78.9 Å². The number of morpholine rings is 1. The van der Waals surface area contributed by atoms with Crippen molar-refractivity contribution in [2.45, 2.75) is 45.9 Å². The summed E-state index contributed by atoms with van der Waals surface area (Å²) in [6, 6.07) is 11.1. The van der Waals surface area contributed by atoms with Gasteiger partial charge in [-0.2, -0.15) is 0 Å². The quantitative estimate of drug-likeness (QED) is 0.552. The number of nitrogens with one attached hydrogen (secondary N) is 1. The summed E-state index contributed by atoms with van der Waals surface area (Å²) in [5.74, 6) is 0.938. The number of nitrogens with zero attached hydrogens (tertiary/aromatic N) is 3. The fourth-order valence-electron chi connectivity index (χ4n) is 3.91. The standard InChI is InChI=1S/C22H36N4O2/c1-4-22(3,17-27)16-24-21(23-5-2)26-14-19-20(15-26)28-12-11-25(19)13-18-9-7-6-8-10-18/h6-10,19-20,27H,4-5,11-17H2,1-3H3,(H,23,24). The zero-order valence-corrected chi connectivity index (χ0v) is 17.6. The van der Waals surface area contributed by atoms with Crippen molar-refractivity contribution in [3.63, 3.8) is 0 Å². The lowest BCUT2D eigenvalue weighted by molar-refractivity contribution is -0.0502. The smallest absolute Gasteiger partial charge is 0.194 e. The Balaban J connectivity index is 1.69. The molecule has 3 atom stereocenters. The number of hydrogen-bond donors (Lipinski definition) is 2. The van der Waals surface area contributed by atoms with Crippen molar-refractivity contribution in [3.05, 3.63) is 35.9 Å². The summed E-state index contributed by atoms with van der Waals surface area (Å²) in [5.41, 5.74) is 1.19. The van der Waals surface area contributed by atoms with Gasteiger partial charge in [0.25, 0.3) is 0 Å². The monoisotopic (exact) mass is 388 g/mol. The Hall–Kier alpha value is -1.63. The van der Waals surface area contributed by atoms with Crippen LogP contribution in [0.5, 0.6) is 0 Å². The Labute approximate surface area is 169 Å². The molecule has 0 radical (unpaired) electrons. The molecule has 2 fully saturated rings. The van der Waals surface area contributed by atoms with Gasteiger partial charge in [0.15, 0.2) is 5.96 Å². The lowest BCUT2D eigenvalue weighted by atomic mass is 9.89. The molecule has 0 spiro atoms. The molecule has 28 heavy (non-hydrogen) atoms. The first kappa shape index (κ1) is 21.1. The number of rotatable bonds is 7. The Morgan fingerprint density at radius 3 is 2.75 bits per heavy atom. The van der Waals surface area contributed by atoms with Crippen molar-refractivity contribution in [3.8, 4) is 0 Å². The average molecular weight is 389 g/mol. The summed E-state index contributed by atoms with van der Waals surface area (Å²) in [6.45, 7) is 12.4. The van der Waals surface area contributed by atoms with Crippen molar-refractivity contribution in [2.24, 2.45) is 10.4 Å². The van der Waals surface area contributed by atoms with E-state index < -0.39 is 0 Å². The number of aliphatic hydroxyl groups is 1. The molecule has 0 aromatic heterocycles. The predicted molar refractivity (Wildman–Crippen MR) is 113 cm³/mol. The minimum Gasteiger partial charge on any atom is -0.396 e. The third-order valence-corrected chi connectivity index (χ3v) is 6.13. The van der Waals surface area contributed by atoms with Crippen LogP contribution < -0.4 is 5.32 Å². The van der Waals surface area contributed by atoms with Crippen LogP contribution in [0.15, 0.2) is 35.3 Å². The van der Waals surface area contributed by atoms with E-state index in [1.54, 1.807) is 0 Å². The molecule has 2 N–H and O–H groups in total. The van der Waals surface area contributed by atoms with Crippen LogP contribution >= 0.6 is 0 Å². The van der Waals surface area contributed by atoms with E-state index in [2.05, 4.69) is 66.2 Å². The summed E-state index contributed by atoms with van der Waals surface area (Å²) in [4.78, 5) is 9.76. The van der Waals surface area contributed by atoms with Crippen LogP contribution in [0.2, 0.25) is 0 Å². The van der Waals surface area contributed by atoms with Crippen molar-refractivity contribution in [1.29, 1.82) is 0 Å². The highest BCUT2D eigenvalue weighted by atomic mass is 16.5. The second-order valence-corrected chi connectivity index (χ2v) is 8.33. The fraction of sp³-hybridized carbons (Fsp3) is 0.682. The van der Waals surface area contributed by atoms with Gasteiger partial charge in [0.05, 0.1) is 31.9 Å². The molecule has 3 unspecified atom stereocenters. The minimum absolute atomic E-state index is 0.158. The number of benzene rings is 1. The summed E-state index contributed by atoms with van der Waals surface area (Å²) in [5, 5.41) is 13.1. The zero-order valence-electron chi connectivity index (χ0n) is 17.6. The molecule has 0 amide bonds. The van der Waals surface area contributed by atoms with Crippen molar-refractivity contribution < 1.29 is 9.84 Å². The van der Waals surface area contributed by atoms with Crippen LogP contribution in [0.25, 0.3) is 0 Å². The fourth-order valence-corrected chi connectivity index (χ4v) is 3.91. The highest BCUT2D eigenvalue weighted by Gasteiger charge is 2.41. The van der Waals surface area contributed by atoms with E-state index in [-0.39, 0.29) is 18.1 Å². The Bertz CT molecular complexity index is 633. The lowest BCUT2D eigenvalue weighted by Crippen LogP contribution is -2.50. The summed E-state index contributed by atoms with van der Waals surface area (Å²) >= 11 is 0. The van der Waals surface area contributed by atoms with Gasteiger partial charge in [-0.1, -0.05) is 44.2 Å². The van der Waals surface area contributed by atoms with Crippen LogP contribution in [-0.2, 0) is 11.3 Å². The topological polar surface area (TPSA) is 60.3 Å². The van der Waals surface area contributed by atoms with E-state index in [4.69, 9.17) is 9.73 Å². The van der Waals surface area contributed by atoms with Crippen molar-refractivity contribution in [1.82, 2.24) is 15.1 Å². The van der Waals surface area contributed by atoms with E-state index in [0.29, 0.717) is 12.6 Å². The molecule has 0 aliphatic carbocycles. The van der Waals surface area contributed by atoms with Gasteiger partial charge >= 0.3 is 0 Å². The van der Waals surface area contributed by atoms with Gasteiger partial charge in [0, 0.05) is 38.1 Å². The van der Waals surface area contributed by atoms with E-state index in [9.17, 15) is 5.11 Å². The van der Waals surface area contributed by atoms with E-state index in [1.165, 1.54) is 5.56 Å². The molecule has 156 valence electrons. The third-order valence-electron chi connectivity index (χ3n) is 6.13. The largest absolute Gasteiger partial charge is 0.396 e. The van der Waals surface area contributed by atoms with Gasteiger partial charge in [-0.15, -0.1) is 0 Å². The van der Waals surface area contributed by atoms with Crippen LogP contribution in [0.4, 0.5) is 0 Å². The molecule has 0 saturated carbocycles. The maximum Gasteiger partial charge on any atom is 0.194 e. The molecule has 2 saturated heterocycles. The number of hydrogen-bond acceptors (Lipinski definition) is 4. The maximum atomic E-state index is 9.71. The van der Waals surface area contributed by atoms with Gasteiger partial charge in [-0.3, -0.25) is 9.89 Å². The molecule has 2 heterocycles. The van der Waals surface area contributed by atoms with Crippen molar-refractivity contribution >= 4 is 5.96 Å². The second-order valence-electron chi connectivity index (χ2n) is 8.33. The normalized spacial score (nSPS) is 25.4. The summed E-state index contributed by atoms with van der Waals surface area (Å²) in [7, 11) is 0. The number of aliphatic imine (C=N–C) groups is 1. The molecule has 1 aromatic rings. The number of guanidine groups is 1. The molecule has 0 bridgehead atoms. The van der Waals surface area contributed by atoms with E-state index in [0.717, 1.165) is 51.7 Å². The van der Waals surface area contributed by atoms with Crippen LogP contribution in [0.1, 0.15) is 32.8 Å². The van der Waals surface area contributed by atoms with Gasteiger partial charge in [0.2, 0.25) is 0 Å². The number of ether oxygens (including phenoxy) is 1. The van der Waals surface area contributed by atoms with Crippen LogP contribution in [0.3, 0.4) is 0 Å². The second kappa shape index (κ2) is 9.72. The number of fused-ring (bicyclic) bond motifs is 1. The molecular weight excluding hydrogens is 352 g/mol. The molecule has 1 aromatic carbocycles. The van der Waals surface area contributed by atoms with Gasteiger partial charge in [0.1, 0.15) is 0 Å². The van der Waals surface area contributed by atoms with Gasteiger partial charge < -0.3 is 20.1 Å². The first-order valence-electron chi connectivity index (χ1n) is 10.6. The first-order valence-corrected chi connectivity index (χ1v) is 10.6. The average Bonchev–Trinajstić information content (AvgIpc) is 3.17. The Morgan fingerprint density at radius 2 is 2.07 bits per heavy atom. The maximum absolute atomic E-state index is 9.71. The van der Waals surface area contributed by atoms with E-state index in [1.807, 2.05) is 0 Å². The zero-order chi connectivity index (χ0) is 20.0. The molecular formula is C22H36N4O2. The molecule has 6 nitrogen and oxygen atoms in total. The molecule has 2 aliphatic heterocycles. The van der Waals surface area contributed by atoms with E-state index >= 15 is 0 Å². The summed E-state index contributed by atoms with van der Waals surface area (Å²) < 4.78 is 6.11. The lowest BCUT2D eigenvalue weighted by Gasteiger charge is -2.36. The minimum atomic E-state index is -0.164. The predicted octanol–water partition coefficient (Wildman–Crippen LogP) is 1.95. The summed E-state index contributed by atoms with van der Waals surface area (Å²) in [6.07, 6.45) is 1.13. The molecule has 2 aliphatic rings. The highest BCUT2D eigenvalue weighted by Crippen LogP contribution is 2.25. The van der Waals surface area contributed by atoms with Gasteiger partial charge in [-0.05, 0) is 18.9 Å². The van der Waals surface area contributed by atoms with Crippen LogP contribution in [0, 0.1) is 5.41 Å². The van der Waals surface area contributed by atoms with Gasteiger partial charge in [-0.25, -0.2) is 0 Å². The molecule has 3 rings (SSSR count). The SMILES string of the molecule is CCNC(=NCC(C)(CC)CO)N1CC2OCCN(Cc3ccccc3)C2C1. The number of likely N-dealkylation sites (tertiary alicyclic amines) is 1. The molecule has 6 heteroatoms. The number of aliphatic hydroxyl groups excluding tert-OH is 1. The first-order chi connectivity index (χ1) is 13.6. The van der Waals surface area contributed by atoms with Crippen molar-refractivity contribution in [2.75, 3.05) is 45.9 Å². The third kappa shape index (κ3) is 5.04. The Kier molecular flexibility index (Phi) is 7.32. The Morgan fingerprint density at radius 1 is 1.29 bits per heavy atom.